The van der Waals surface area contributed by atoms with E-state index in [-0.39, 0.29) is 17.7 Å². The molecule has 4 aromatic rings. The molecule has 0 saturated carbocycles. The molecular formula is C29H28N4O3. The lowest BCUT2D eigenvalue weighted by Gasteiger charge is -2.36. The van der Waals surface area contributed by atoms with Crippen molar-refractivity contribution in [2.24, 2.45) is 0 Å². The summed E-state index contributed by atoms with van der Waals surface area (Å²) in [5.41, 5.74) is 4.08. The summed E-state index contributed by atoms with van der Waals surface area (Å²) in [5.74, 6) is 0.332. The molecule has 5 rings (SSSR count). The van der Waals surface area contributed by atoms with Crippen molar-refractivity contribution in [1.29, 1.82) is 0 Å². The predicted molar refractivity (Wildman–Crippen MR) is 140 cm³/mol. The van der Waals surface area contributed by atoms with Crippen LogP contribution in [0, 0.1) is 0 Å². The molecule has 7 nitrogen and oxygen atoms in total. The highest BCUT2D eigenvalue weighted by molar-refractivity contribution is 6.08. The first kappa shape index (κ1) is 23.4. The molecule has 0 unspecified atom stereocenters. The number of hydrogen-bond acceptors (Lipinski definition) is 4. The van der Waals surface area contributed by atoms with Crippen molar-refractivity contribution >= 4 is 23.2 Å². The second kappa shape index (κ2) is 10.1. The first-order valence-electron chi connectivity index (χ1n) is 12.1. The topological polar surface area (TPSA) is 67.7 Å². The molecule has 2 heterocycles. The number of likely N-dealkylation sites (N-methyl/N-ethyl adjacent to an activating group) is 1. The van der Waals surface area contributed by atoms with E-state index < -0.39 is 0 Å². The van der Waals surface area contributed by atoms with E-state index in [4.69, 9.17) is 4.74 Å². The predicted octanol–water partition coefficient (Wildman–Crippen LogP) is 5.07. The van der Waals surface area contributed by atoms with E-state index in [1.54, 1.807) is 48.8 Å². The Balaban J connectivity index is 1.40. The van der Waals surface area contributed by atoms with Gasteiger partial charge in [0.2, 0.25) is 5.91 Å². The maximum Gasteiger partial charge on any atom is 0.258 e. The molecule has 0 fully saturated rings. The lowest BCUT2D eigenvalue weighted by molar-refractivity contribution is -0.120. The van der Waals surface area contributed by atoms with Crippen LogP contribution in [0.25, 0.3) is 5.69 Å². The highest BCUT2D eigenvalue weighted by Crippen LogP contribution is 2.38. The van der Waals surface area contributed by atoms with Crippen LogP contribution < -0.4 is 14.5 Å². The van der Waals surface area contributed by atoms with Gasteiger partial charge in [-0.05, 0) is 73.5 Å². The quantitative estimate of drug-likeness (QED) is 0.387. The second-order valence-electron chi connectivity index (χ2n) is 8.65. The number of carbonyl (C=O) groups is 2. The summed E-state index contributed by atoms with van der Waals surface area (Å²) in [6.45, 7) is 3.00. The van der Waals surface area contributed by atoms with Crippen molar-refractivity contribution in [2.45, 2.75) is 19.3 Å². The number of fused-ring (bicyclic) bond motifs is 1. The number of rotatable bonds is 6. The number of methoxy groups -OCH3 is 1. The van der Waals surface area contributed by atoms with Crippen LogP contribution in [0.3, 0.4) is 0 Å². The summed E-state index contributed by atoms with van der Waals surface area (Å²) >= 11 is 0. The number of ether oxygens (including phenoxy) is 1. The summed E-state index contributed by atoms with van der Waals surface area (Å²) in [6, 6.07) is 22.7. The summed E-state index contributed by atoms with van der Waals surface area (Å²) in [7, 11) is 1.60. The highest BCUT2D eigenvalue weighted by atomic mass is 16.5. The Hall–Kier alpha value is -4.39. The molecule has 7 heteroatoms. The van der Waals surface area contributed by atoms with Gasteiger partial charge in [0.15, 0.2) is 0 Å². The minimum absolute atomic E-state index is 0.0388. The van der Waals surface area contributed by atoms with Gasteiger partial charge in [-0.2, -0.15) is 0 Å². The van der Waals surface area contributed by atoms with Gasteiger partial charge in [-0.25, -0.2) is 4.98 Å². The summed E-state index contributed by atoms with van der Waals surface area (Å²) < 4.78 is 7.14. The highest BCUT2D eigenvalue weighted by Gasteiger charge is 2.35. The van der Waals surface area contributed by atoms with Crippen LogP contribution in [0.2, 0.25) is 0 Å². The number of aromatic nitrogens is 2. The zero-order chi connectivity index (χ0) is 25.1. The first-order chi connectivity index (χ1) is 17.6. The average Bonchev–Trinajstić information content (AvgIpc) is 3.48. The molecule has 36 heavy (non-hydrogen) atoms. The fraction of sp³-hybridized carbons (Fsp3) is 0.207. The molecular weight excluding hydrogens is 452 g/mol. The fourth-order valence-electron chi connectivity index (χ4n) is 4.79. The van der Waals surface area contributed by atoms with Gasteiger partial charge in [-0.1, -0.05) is 18.2 Å². The van der Waals surface area contributed by atoms with E-state index in [9.17, 15) is 9.59 Å². The van der Waals surface area contributed by atoms with Crippen LogP contribution in [0.15, 0.2) is 91.5 Å². The van der Waals surface area contributed by atoms with Gasteiger partial charge in [-0.15, -0.1) is 0 Å². The van der Waals surface area contributed by atoms with Gasteiger partial charge in [0.1, 0.15) is 5.75 Å². The van der Waals surface area contributed by atoms with Gasteiger partial charge in [0.05, 0.1) is 19.4 Å². The zero-order valence-electron chi connectivity index (χ0n) is 20.4. The number of anilines is 2. The SMILES string of the molecule is CCN(C(=O)[C@H]1CCN(C(=O)c2ccc(OC)cc2)c2ccccc21)c1ccc(-n2ccnc2)cc1. The van der Waals surface area contributed by atoms with Crippen molar-refractivity contribution < 1.29 is 14.3 Å². The molecule has 1 atom stereocenters. The third-order valence-electron chi connectivity index (χ3n) is 6.67. The Morgan fingerprint density at radius 1 is 1.03 bits per heavy atom. The molecule has 0 bridgehead atoms. The summed E-state index contributed by atoms with van der Waals surface area (Å²) in [4.78, 5) is 34.9. The maximum absolute atomic E-state index is 13.8. The number of amides is 2. The van der Waals surface area contributed by atoms with E-state index in [1.165, 1.54) is 0 Å². The Morgan fingerprint density at radius 3 is 2.44 bits per heavy atom. The van der Waals surface area contributed by atoms with Gasteiger partial charge in [0, 0.05) is 48.1 Å². The minimum Gasteiger partial charge on any atom is -0.497 e. The van der Waals surface area contributed by atoms with E-state index in [2.05, 4.69) is 4.98 Å². The second-order valence-corrected chi connectivity index (χ2v) is 8.65. The van der Waals surface area contributed by atoms with Crippen LogP contribution in [0.5, 0.6) is 5.75 Å². The van der Waals surface area contributed by atoms with E-state index in [0.29, 0.717) is 30.8 Å². The largest absolute Gasteiger partial charge is 0.497 e. The van der Waals surface area contributed by atoms with E-state index in [0.717, 1.165) is 22.6 Å². The normalized spacial score (nSPS) is 14.7. The van der Waals surface area contributed by atoms with Gasteiger partial charge in [-0.3, -0.25) is 9.59 Å². The van der Waals surface area contributed by atoms with Crippen LogP contribution in [0.4, 0.5) is 11.4 Å². The third-order valence-corrected chi connectivity index (χ3v) is 6.67. The van der Waals surface area contributed by atoms with Gasteiger partial charge in [0.25, 0.3) is 5.91 Å². The maximum atomic E-state index is 13.8. The number of imidazole rings is 1. The van der Waals surface area contributed by atoms with E-state index in [1.807, 2.05) is 71.1 Å². The van der Waals surface area contributed by atoms with Crippen molar-refractivity contribution in [3.63, 3.8) is 0 Å². The number of benzene rings is 3. The standard InChI is InChI=1S/C29H28N4O3/c1-3-32(23-12-10-22(11-13-23)31-19-17-30-20-31)29(35)26-16-18-33(27-7-5-4-6-25(26)27)28(34)21-8-14-24(36-2)15-9-21/h4-15,17,19-20,26H,3,16,18H2,1-2H3/t26-/m0/s1. The Morgan fingerprint density at radius 2 is 1.78 bits per heavy atom. The molecule has 0 N–H and O–H groups in total. The Kier molecular flexibility index (Phi) is 6.54. The number of carbonyl (C=O) groups excluding carboxylic acids is 2. The summed E-state index contributed by atoms with van der Waals surface area (Å²) in [5, 5.41) is 0. The van der Waals surface area contributed by atoms with Crippen LogP contribution in [0.1, 0.15) is 35.2 Å². The van der Waals surface area contributed by atoms with Gasteiger partial charge < -0.3 is 19.1 Å². The van der Waals surface area contributed by atoms with Crippen LogP contribution in [-0.4, -0.2) is 41.6 Å². The molecule has 2 amide bonds. The number of hydrogen-bond donors (Lipinski definition) is 0. The van der Waals surface area contributed by atoms with Crippen molar-refractivity contribution in [3.05, 3.63) is 103 Å². The molecule has 0 spiro atoms. The van der Waals surface area contributed by atoms with Gasteiger partial charge >= 0.3 is 0 Å². The average molecular weight is 481 g/mol. The fourth-order valence-corrected chi connectivity index (χ4v) is 4.79. The van der Waals surface area contributed by atoms with Crippen LogP contribution in [-0.2, 0) is 4.79 Å². The molecule has 1 aliphatic heterocycles. The van der Waals surface area contributed by atoms with Crippen molar-refractivity contribution in [2.75, 3.05) is 30.0 Å². The smallest absolute Gasteiger partial charge is 0.258 e. The van der Waals surface area contributed by atoms with Crippen molar-refractivity contribution in [3.8, 4) is 11.4 Å². The third kappa shape index (κ3) is 4.35. The monoisotopic (exact) mass is 480 g/mol. The molecule has 182 valence electrons. The van der Waals surface area contributed by atoms with Crippen molar-refractivity contribution in [1.82, 2.24) is 9.55 Å². The zero-order valence-corrected chi connectivity index (χ0v) is 20.4. The van der Waals surface area contributed by atoms with E-state index >= 15 is 0 Å². The summed E-state index contributed by atoms with van der Waals surface area (Å²) in [6.07, 6.45) is 5.92. The van der Waals surface area contributed by atoms with Crippen LogP contribution >= 0.6 is 0 Å². The molecule has 1 aromatic heterocycles. The molecule has 0 aliphatic carbocycles. The minimum atomic E-state index is -0.325. The molecule has 3 aromatic carbocycles. The first-order valence-corrected chi connectivity index (χ1v) is 12.1. The lowest BCUT2D eigenvalue weighted by atomic mass is 9.88. The molecule has 1 aliphatic rings. The molecule has 0 radical (unpaired) electrons. The number of para-hydroxylation sites is 1. The Labute approximate surface area is 210 Å². The number of nitrogens with zero attached hydrogens (tertiary/aromatic N) is 4. The lowest BCUT2D eigenvalue weighted by Crippen LogP contribution is -2.42. The molecule has 0 saturated heterocycles. The Bertz CT molecular complexity index is 1350.